The average molecular weight is 377 g/mol. The number of rotatable bonds is 9. The van der Waals surface area contributed by atoms with E-state index in [0.29, 0.717) is 18.3 Å². The van der Waals surface area contributed by atoms with Gasteiger partial charge in [-0.15, -0.1) is 5.10 Å². The molecule has 146 valence electrons. The summed E-state index contributed by atoms with van der Waals surface area (Å²) in [4.78, 5) is 4.57. The maximum atomic E-state index is 5.40. The molecule has 3 aromatic rings. The Kier molecular flexibility index (Phi) is 6.78. The van der Waals surface area contributed by atoms with Crippen molar-refractivity contribution in [3.05, 3.63) is 65.4 Å². The molecule has 0 aliphatic carbocycles. The summed E-state index contributed by atoms with van der Waals surface area (Å²) in [6.45, 7) is 5.00. The first-order chi connectivity index (χ1) is 13.7. The predicted molar refractivity (Wildman–Crippen MR) is 113 cm³/mol. The van der Waals surface area contributed by atoms with Crippen molar-refractivity contribution in [2.75, 3.05) is 24.3 Å². The molecule has 0 saturated carbocycles. The third-order valence-electron chi connectivity index (χ3n) is 4.68. The fourth-order valence-electron chi connectivity index (χ4n) is 3.19. The Balaban J connectivity index is 1.68. The molecule has 0 fully saturated rings. The van der Waals surface area contributed by atoms with Crippen molar-refractivity contribution in [2.45, 2.75) is 33.1 Å². The van der Waals surface area contributed by atoms with Crippen molar-refractivity contribution in [3.63, 3.8) is 0 Å². The molecule has 0 aliphatic heterocycles. The predicted octanol–water partition coefficient (Wildman–Crippen LogP) is 4.40. The molecule has 2 N–H and O–H groups in total. The van der Waals surface area contributed by atoms with Gasteiger partial charge < -0.3 is 15.4 Å². The van der Waals surface area contributed by atoms with Crippen molar-refractivity contribution in [1.82, 2.24) is 15.2 Å². The minimum Gasteiger partial charge on any atom is -0.496 e. The summed E-state index contributed by atoms with van der Waals surface area (Å²) in [6, 6.07) is 14.4. The van der Waals surface area contributed by atoms with Gasteiger partial charge in [-0.2, -0.15) is 10.1 Å². The van der Waals surface area contributed by atoms with Crippen LogP contribution in [0.25, 0.3) is 0 Å². The Morgan fingerprint density at radius 3 is 2.36 bits per heavy atom. The first kappa shape index (κ1) is 19.6. The van der Waals surface area contributed by atoms with Crippen molar-refractivity contribution in [3.8, 4) is 5.75 Å². The molecule has 0 unspecified atom stereocenters. The van der Waals surface area contributed by atoms with E-state index in [9.17, 15) is 0 Å². The normalized spacial score (nSPS) is 10.5. The fraction of sp³-hybridized carbons (Fsp3) is 0.318. The molecule has 6 nitrogen and oxygen atoms in total. The minimum atomic E-state index is 0.506. The standard InChI is InChI=1S/C22H27N5O/c1-4-16-10-8-11-17(5-2)21(16)25-20-15-24-27-22(26-20)23-14-13-18-9-6-7-12-19(18)28-3/h6-12,15H,4-5,13-14H2,1-3H3,(H2,23,25,26,27). The number of hydrogen-bond donors (Lipinski definition) is 2. The van der Waals surface area contributed by atoms with Crippen LogP contribution < -0.4 is 15.4 Å². The van der Waals surface area contributed by atoms with Crippen LogP contribution in [0.15, 0.2) is 48.7 Å². The van der Waals surface area contributed by atoms with Crippen LogP contribution in [-0.4, -0.2) is 28.8 Å². The maximum Gasteiger partial charge on any atom is 0.244 e. The Morgan fingerprint density at radius 2 is 1.64 bits per heavy atom. The van der Waals surface area contributed by atoms with E-state index in [1.54, 1.807) is 13.3 Å². The van der Waals surface area contributed by atoms with E-state index in [0.717, 1.165) is 36.3 Å². The van der Waals surface area contributed by atoms with Crippen LogP contribution in [0.5, 0.6) is 5.75 Å². The van der Waals surface area contributed by atoms with Gasteiger partial charge in [0.25, 0.3) is 0 Å². The summed E-state index contributed by atoms with van der Waals surface area (Å²) < 4.78 is 5.40. The van der Waals surface area contributed by atoms with Crippen molar-refractivity contribution in [1.29, 1.82) is 0 Å². The van der Waals surface area contributed by atoms with Crippen LogP contribution in [0.4, 0.5) is 17.5 Å². The SMILES string of the molecule is CCc1cccc(CC)c1Nc1cnnc(NCCc2ccccc2OC)n1. The Bertz CT molecular complexity index is 891. The van der Waals surface area contributed by atoms with Gasteiger partial charge >= 0.3 is 0 Å². The molecule has 6 heteroatoms. The molecule has 1 heterocycles. The summed E-state index contributed by atoms with van der Waals surface area (Å²) in [7, 11) is 1.69. The third-order valence-corrected chi connectivity index (χ3v) is 4.68. The zero-order valence-corrected chi connectivity index (χ0v) is 16.7. The first-order valence-corrected chi connectivity index (χ1v) is 9.68. The fourth-order valence-corrected chi connectivity index (χ4v) is 3.19. The van der Waals surface area contributed by atoms with Gasteiger partial charge in [0.15, 0.2) is 5.82 Å². The molecular formula is C22H27N5O. The molecule has 1 aromatic heterocycles. The van der Waals surface area contributed by atoms with Crippen LogP contribution >= 0.6 is 0 Å². The van der Waals surface area contributed by atoms with Crippen LogP contribution in [0.2, 0.25) is 0 Å². The largest absolute Gasteiger partial charge is 0.496 e. The number of anilines is 3. The molecule has 0 radical (unpaired) electrons. The Morgan fingerprint density at radius 1 is 0.929 bits per heavy atom. The molecule has 2 aromatic carbocycles. The minimum absolute atomic E-state index is 0.506. The van der Waals surface area contributed by atoms with E-state index < -0.39 is 0 Å². The van der Waals surface area contributed by atoms with Crippen LogP contribution in [0, 0.1) is 0 Å². The molecule has 0 saturated heterocycles. The van der Waals surface area contributed by atoms with Gasteiger partial charge in [-0.05, 0) is 42.0 Å². The number of benzene rings is 2. The van der Waals surface area contributed by atoms with E-state index >= 15 is 0 Å². The summed E-state index contributed by atoms with van der Waals surface area (Å²) in [5, 5.41) is 14.9. The summed E-state index contributed by atoms with van der Waals surface area (Å²) in [5.41, 5.74) is 4.80. The smallest absolute Gasteiger partial charge is 0.244 e. The highest BCUT2D eigenvalue weighted by Crippen LogP contribution is 2.25. The highest BCUT2D eigenvalue weighted by atomic mass is 16.5. The number of para-hydroxylation sites is 2. The zero-order valence-electron chi connectivity index (χ0n) is 16.7. The van der Waals surface area contributed by atoms with Crippen molar-refractivity contribution in [2.24, 2.45) is 0 Å². The average Bonchev–Trinajstić information content (AvgIpc) is 2.74. The summed E-state index contributed by atoms with van der Waals surface area (Å²) in [6.07, 6.45) is 4.37. The molecule has 0 bridgehead atoms. The molecular weight excluding hydrogens is 350 g/mol. The van der Waals surface area contributed by atoms with E-state index in [4.69, 9.17) is 4.74 Å². The topological polar surface area (TPSA) is 72.0 Å². The van der Waals surface area contributed by atoms with Gasteiger partial charge in [0.2, 0.25) is 5.95 Å². The molecule has 0 aliphatic rings. The quantitative estimate of drug-likeness (QED) is 0.576. The van der Waals surface area contributed by atoms with Gasteiger partial charge in [0.05, 0.1) is 13.3 Å². The van der Waals surface area contributed by atoms with E-state index in [1.165, 1.54) is 11.1 Å². The van der Waals surface area contributed by atoms with Gasteiger partial charge in [-0.3, -0.25) is 0 Å². The lowest BCUT2D eigenvalue weighted by atomic mass is 10.0. The molecule has 0 amide bonds. The summed E-state index contributed by atoms with van der Waals surface area (Å²) in [5.74, 6) is 2.08. The molecule has 3 rings (SSSR count). The van der Waals surface area contributed by atoms with E-state index in [-0.39, 0.29) is 0 Å². The van der Waals surface area contributed by atoms with Gasteiger partial charge in [0, 0.05) is 12.2 Å². The van der Waals surface area contributed by atoms with Crippen molar-refractivity contribution >= 4 is 17.5 Å². The van der Waals surface area contributed by atoms with E-state index in [2.05, 4.69) is 63.9 Å². The Labute approximate surface area is 166 Å². The lowest BCUT2D eigenvalue weighted by molar-refractivity contribution is 0.410. The number of nitrogens with one attached hydrogen (secondary N) is 2. The van der Waals surface area contributed by atoms with Gasteiger partial charge in [0.1, 0.15) is 5.75 Å². The number of hydrogen-bond acceptors (Lipinski definition) is 6. The van der Waals surface area contributed by atoms with E-state index in [1.807, 2.05) is 18.2 Å². The number of ether oxygens (including phenoxy) is 1. The van der Waals surface area contributed by atoms with Crippen molar-refractivity contribution < 1.29 is 4.74 Å². The third kappa shape index (κ3) is 4.76. The molecule has 0 atom stereocenters. The second-order valence-corrected chi connectivity index (χ2v) is 6.44. The molecule has 28 heavy (non-hydrogen) atoms. The second-order valence-electron chi connectivity index (χ2n) is 6.44. The number of aryl methyl sites for hydroxylation is 2. The lowest BCUT2D eigenvalue weighted by Gasteiger charge is -2.15. The molecule has 0 spiro atoms. The first-order valence-electron chi connectivity index (χ1n) is 9.68. The van der Waals surface area contributed by atoms with Crippen LogP contribution in [0.3, 0.4) is 0 Å². The van der Waals surface area contributed by atoms with Crippen LogP contribution in [0.1, 0.15) is 30.5 Å². The van der Waals surface area contributed by atoms with Crippen LogP contribution in [-0.2, 0) is 19.3 Å². The monoisotopic (exact) mass is 377 g/mol. The zero-order chi connectivity index (χ0) is 19.8. The highest BCUT2D eigenvalue weighted by molar-refractivity contribution is 5.65. The Hall–Kier alpha value is -3.15. The van der Waals surface area contributed by atoms with Gasteiger partial charge in [-0.25, -0.2) is 0 Å². The highest BCUT2D eigenvalue weighted by Gasteiger charge is 2.09. The second kappa shape index (κ2) is 9.69. The number of aromatic nitrogens is 3. The lowest BCUT2D eigenvalue weighted by Crippen LogP contribution is -2.10. The summed E-state index contributed by atoms with van der Waals surface area (Å²) >= 11 is 0. The van der Waals surface area contributed by atoms with Gasteiger partial charge in [-0.1, -0.05) is 50.2 Å². The number of methoxy groups -OCH3 is 1. The maximum absolute atomic E-state index is 5.40. The number of nitrogens with zero attached hydrogens (tertiary/aromatic N) is 3.